The first-order chi connectivity index (χ1) is 19.5. The second-order valence-electron chi connectivity index (χ2n) is 9.69. The number of rotatable bonds is 15. The molecule has 210 valence electrons. The van der Waals surface area contributed by atoms with Gasteiger partial charge in [-0.2, -0.15) is 11.3 Å². The third kappa shape index (κ3) is 8.73. The zero-order valence-corrected chi connectivity index (χ0v) is 24.8. The minimum absolute atomic E-state index is 0.108. The summed E-state index contributed by atoms with van der Waals surface area (Å²) in [6, 6.07) is 18.1. The van der Waals surface area contributed by atoms with E-state index >= 15 is 0 Å². The number of aromatic amines is 1. The molecule has 2 N–H and O–H groups in total. The van der Waals surface area contributed by atoms with E-state index in [0.29, 0.717) is 23.8 Å². The second kappa shape index (κ2) is 15.3. The molecule has 2 heterocycles. The minimum atomic E-state index is -0.282. The lowest BCUT2D eigenvalue weighted by molar-refractivity contribution is 0.202. The minimum Gasteiger partial charge on any atom is -0.494 e. The van der Waals surface area contributed by atoms with Gasteiger partial charge in [-0.3, -0.25) is 9.78 Å². The molecule has 4 rings (SSSR count). The van der Waals surface area contributed by atoms with Crippen LogP contribution in [0.3, 0.4) is 0 Å². The molecule has 0 fully saturated rings. The first kappa shape index (κ1) is 29.4. The summed E-state index contributed by atoms with van der Waals surface area (Å²) in [5.41, 5.74) is 6.02. The highest BCUT2D eigenvalue weighted by Gasteiger charge is 2.10. The molecule has 0 bridgehead atoms. The first-order valence-corrected chi connectivity index (χ1v) is 15.5. The molecule has 4 aromatic rings. The Hall–Kier alpha value is -3.55. The van der Waals surface area contributed by atoms with Gasteiger partial charge in [0.1, 0.15) is 11.5 Å². The number of aryl methyl sites for hydroxylation is 2. The molecule has 0 saturated heterocycles. The van der Waals surface area contributed by atoms with E-state index in [1.807, 2.05) is 24.3 Å². The van der Waals surface area contributed by atoms with Crippen LogP contribution < -0.4 is 9.61 Å². The molecule has 40 heavy (non-hydrogen) atoms. The van der Waals surface area contributed by atoms with E-state index in [1.165, 1.54) is 22.3 Å². The van der Waals surface area contributed by atoms with E-state index in [4.69, 9.17) is 9.47 Å². The van der Waals surface area contributed by atoms with Crippen molar-refractivity contribution in [3.05, 3.63) is 109 Å². The monoisotopic (exact) mass is 575 g/mol. The predicted molar refractivity (Wildman–Crippen MR) is 168 cm³/mol. The highest BCUT2D eigenvalue weighted by Crippen LogP contribution is 2.32. The predicted octanol–water partition coefficient (Wildman–Crippen LogP) is 8.62. The summed E-state index contributed by atoms with van der Waals surface area (Å²) in [5, 5.41) is 14.4. The fourth-order valence-corrected chi connectivity index (χ4v) is 5.99. The lowest BCUT2D eigenvalue weighted by Gasteiger charge is -2.12. The van der Waals surface area contributed by atoms with Crippen molar-refractivity contribution in [1.82, 2.24) is 4.98 Å². The van der Waals surface area contributed by atoms with Crippen molar-refractivity contribution in [1.29, 1.82) is 0 Å². The maximum Gasteiger partial charge on any atom is 0.307 e. The Kier molecular flexibility index (Phi) is 11.3. The van der Waals surface area contributed by atoms with Crippen molar-refractivity contribution < 1.29 is 14.6 Å². The van der Waals surface area contributed by atoms with E-state index in [0.717, 1.165) is 61.2 Å². The topological polar surface area (TPSA) is 71.5 Å². The Morgan fingerprint density at radius 1 is 1.02 bits per heavy atom. The summed E-state index contributed by atoms with van der Waals surface area (Å²) in [6.45, 7) is 5.53. The molecule has 0 radical (unpaired) electrons. The molecule has 2 aromatic carbocycles. The van der Waals surface area contributed by atoms with Gasteiger partial charge < -0.3 is 14.6 Å². The molecule has 5 nitrogen and oxygen atoms in total. The van der Waals surface area contributed by atoms with E-state index in [1.54, 1.807) is 11.3 Å². The van der Waals surface area contributed by atoms with E-state index in [2.05, 4.69) is 72.1 Å². The van der Waals surface area contributed by atoms with Gasteiger partial charge in [0.2, 0.25) is 5.88 Å². The smallest absolute Gasteiger partial charge is 0.307 e. The van der Waals surface area contributed by atoms with Crippen molar-refractivity contribution in [2.75, 3.05) is 13.2 Å². The van der Waals surface area contributed by atoms with Crippen LogP contribution in [0.4, 0.5) is 0 Å². The van der Waals surface area contributed by atoms with E-state index in [-0.39, 0.29) is 10.8 Å². The quantitative estimate of drug-likeness (QED) is 0.0846. The maximum atomic E-state index is 11.5. The second-order valence-corrected chi connectivity index (χ2v) is 11.4. The number of ether oxygens (including phenoxy) is 2. The van der Waals surface area contributed by atoms with Crippen molar-refractivity contribution >= 4 is 28.7 Å². The van der Waals surface area contributed by atoms with Crippen LogP contribution in [-0.2, 0) is 17.6 Å². The largest absolute Gasteiger partial charge is 0.494 e. The standard InChI is InChI=1S/C33H37NO4S2/c1-3-10-24(2)30(18-17-28-23-39-22-27(28)16-15-25-11-5-4-6-12-25)38-20-8-7-19-37-29-14-9-13-26(21-29)31-32(35)34-33(36)40-31/h4-6,9,11-14,17-18,21-23,35H,3,7-8,10,15-16,19-20H2,1-2H3,(H,34,36). The van der Waals surface area contributed by atoms with Gasteiger partial charge in [0.25, 0.3) is 0 Å². The van der Waals surface area contributed by atoms with Crippen molar-refractivity contribution in [2.45, 2.75) is 52.4 Å². The van der Waals surface area contributed by atoms with Crippen LogP contribution in [0.5, 0.6) is 11.6 Å². The summed E-state index contributed by atoms with van der Waals surface area (Å²) in [5.74, 6) is 1.56. The Labute approximate surface area is 244 Å². The molecule has 0 aliphatic rings. The number of H-pyrrole nitrogens is 1. The lowest BCUT2D eigenvalue weighted by atomic mass is 10.0. The van der Waals surface area contributed by atoms with Crippen LogP contribution in [0, 0.1) is 0 Å². The Bertz CT molecular complexity index is 1460. The first-order valence-electron chi connectivity index (χ1n) is 13.8. The molecule has 0 unspecified atom stereocenters. The highest BCUT2D eigenvalue weighted by atomic mass is 32.1. The van der Waals surface area contributed by atoms with Crippen molar-refractivity contribution in [2.24, 2.45) is 0 Å². The fourth-order valence-electron chi connectivity index (χ4n) is 4.40. The Morgan fingerprint density at radius 3 is 2.62 bits per heavy atom. The normalized spacial score (nSPS) is 12.1. The van der Waals surface area contributed by atoms with Crippen LogP contribution >= 0.6 is 22.7 Å². The number of thiophene rings is 1. The zero-order valence-electron chi connectivity index (χ0n) is 23.2. The summed E-state index contributed by atoms with van der Waals surface area (Å²) in [4.78, 5) is 14.2. The third-order valence-electron chi connectivity index (χ3n) is 6.55. The highest BCUT2D eigenvalue weighted by molar-refractivity contribution is 7.13. The molecule has 7 heteroatoms. The Balaban J connectivity index is 1.26. The number of aromatic hydroxyl groups is 1. The van der Waals surface area contributed by atoms with Gasteiger partial charge in [0.15, 0.2) is 0 Å². The number of thiazole rings is 1. The van der Waals surface area contributed by atoms with Gasteiger partial charge in [-0.1, -0.05) is 73.2 Å². The number of aromatic nitrogens is 1. The van der Waals surface area contributed by atoms with Gasteiger partial charge in [-0.25, -0.2) is 0 Å². The molecule has 0 spiro atoms. The number of unbranched alkanes of at least 4 members (excludes halogenated alkanes) is 1. The molecule has 0 saturated carbocycles. The van der Waals surface area contributed by atoms with Crippen LogP contribution in [0.1, 0.15) is 56.2 Å². The Morgan fingerprint density at radius 2 is 1.85 bits per heavy atom. The lowest BCUT2D eigenvalue weighted by Crippen LogP contribution is -2.02. The fraction of sp³-hybridized carbons (Fsp3) is 0.303. The summed E-state index contributed by atoms with van der Waals surface area (Å²) < 4.78 is 12.2. The molecule has 0 aliphatic heterocycles. The van der Waals surface area contributed by atoms with E-state index < -0.39 is 0 Å². The van der Waals surface area contributed by atoms with E-state index in [9.17, 15) is 9.90 Å². The van der Waals surface area contributed by atoms with Gasteiger partial charge in [0, 0.05) is 5.56 Å². The van der Waals surface area contributed by atoms with Crippen LogP contribution in [0.25, 0.3) is 16.5 Å². The zero-order chi connectivity index (χ0) is 28.2. The molecule has 2 aromatic heterocycles. The summed E-state index contributed by atoms with van der Waals surface area (Å²) >= 11 is 2.73. The average Bonchev–Trinajstić information content (AvgIpc) is 3.56. The van der Waals surface area contributed by atoms with Gasteiger partial charge in [-0.05, 0) is 90.3 Å². The molecule has 0 amide bonds. The molecule has 0 atom stereocenters. The van der Waals surface area contributed by atoms with Crippen molar-refractivity contribution in [3.8, 4) is 22.1 Å². The molecule has 0 aliphatic carbocycles. The summed E-state index contributed by atoms with van der Waals surface area (Å²) in [6.07, 6.45) is 10.2. The van der Waals surface area contributed by atoms with Crippen LogP contribution in [0.2, 0.25) is 0 Å². The number of benzene rings is 2. The molecular weight excluding hydrogens is 539 g/mol. The van der Waals surface area contributed by atoms with Gasteiger partial charge in [-0.15, -0.1) is 0 Å². The maximum absolute atomic E-state index is 11.5. The van der Waals surface area contributed by atoms with Gasteiger partial charge >= 0.3 is 4.87 Å². The average molecular weight is 576 g/mol. The number of hydrogen-bond acceptors (Lipinski definition) is 6. The number of hydrogen-bond donors (Lipinski definition) is 2. The van der Waals surface area contributed by atoms with Crippen LogP contribution in [0.15, 0.2) is 87.6 Å². The van der Waals surface area contributed by atoms with Crippen molar-refractivity contribution in [3.63, 3.8) is 0 Å². The van der Waals surface area contributed by atoms with Gasteiger partial charge in [0.05, 0.1) is 18.1 Å². The number of allylic oxidation sites excluding steroid dienone is 2. The molecular formula is C33H37NO4S2. The SMILES string of the molecule is CCCC(C)=C(C=Cc1cscc1CCc1ccccc1)OCCCCOc1cccc(-c2sc(=O)[nH]c2O)c1. The summed E-state index contributed by atoms with van der Waals surface area (Å²) in [7, 11) is 0. The number of nitrogens with one attached hydrogen (secondary N) is 1. The third-order valence-corrected chi connectivity index (χ3v) is 8.28. The van der Waals surface area contributed by atoms with Crippen LogP contribution in [-0.4, -0.2) is 23.3 Å².